The van der Waals surface area contributed by atoms with Crippen LogP contribution in [0.5, 0.6) is 0 Å². The lowest BCUT2D eigenvalue weighted by atomic mass is 9.87. The number of alkyl halides is 3. The number of aromatic nitrogens is 1. The summed E-state index contributed by atoms with van der Waals surface area (Å²) in [5.41, 5.74) is 3.49. The number of rotatable bonds is 7. The molecule has 0 aliphatic carbocycles. The summed E-state index contributed by atoms with van der Waals surface area (Å²) in [5.74, 6) is -0.489. The van der Waals surface area contributed by atoms with E-state index >= 15 is 0 Å². The molecule has 4 aromatic carbocycles. The van der Waals surface area contributed by atoms with E-state index in [1.54, 1.807) is 24.3 Å². The summed E-state index contributed by atoms with van der Waals surface area (Å²) in [6.07, 6.45) is -4.49. The molecule has 1 aromatic heterocycles. The number of nitrogens with one attached hydrogen (secondary N) is 2. The Morgan fingerprint density at radius 3 is 2.11 bits per heavy atom. The average Bonchev–Trinajstić information content (AvgIpc) is 3.28. The largest absolute Gasteiger partial charge is 0.416 e. The summed E-state index contributed by atoms with van der Waals surface area (Å²) in [4.78, 5) is 3.35. The van der Waals surface area contributed by atoms with Crippen molar-refractivity contribution < 1.29 is 21.6 Å². The molecule has 0 aliphatic rings. The van der Waals surface area contributed by atoms with Crippen molar-refractivity contribution in [3.63, 3.8) is 0 Å². The van der Waals surface area contributed by atoms with E-state index in [9.17, 15) is 21.6 Å². The van der Waals surface area contributed by atoms with Crippen LogP contribution in [0.25, 0.3) is 22.2 Å². The first-order valence-corrected chi connectivity index (χ1v) is 13.5. The molecule has 1 atom stereocenters. The Kier molecular flexibility index (Phi) is 6.86. The molecular formula is C30H25F3N2O2S. The SMILES string of the molecule is Cc1ccc(S(=O)(=O)NCC(c2ccccc2)c2c(-c3ccccc3)[nH]c3cc(C(F)(F)F)ccc23)cc1. The topological polar surface area (TPSA) is 62.0 Å². The molecule has 4 nitrogen and oxygen atoms in total. The Hall–Kier alpha value is -3.88. The molecule has 0 aliphatic heterocycles. The van der Waals surface area contributed by atoms with Gasteiger partial charge >= 0.3 is 6.18 Å². The Balaban J connectivity index is 1.66. The van der Waals surface area contributed by atoms with Crippen LogP contribution < -0.4 is 4.72 Å². The lowest BCUT2D eigenvalue weighted by Crippen LogP contribution is -2.29. The fourth-order valence-corrected chi connectivity index (χ4v) is 5.70. The molecule has 0 bridgehead atoms. The molecule has 5 rings (SSSR count). The second-order valence-corrected chi connectivity index (χ2v) is 10.9. The van der Waals surface area contributed by atoms with E-state index in [-0.39, 0.29) is 11.4 Å². The van der Waals surface area contributed by atoms with Gasteiger partial charge < -0.3 is 4.98 Å². The number of sulfonamides is 1. The number of fused-ring (bicyclic) bond motifs is 1. The molecule has 38 heavy (non-hydrogen) atoms. The summed E-state index contributed by atoms with van der Waals surface area (Å²) in [7, 11) is -3.84. The highest BCUT2D eigenvalue weighted by atomic mass is 32.2. The number of hydrogen-bond acceptors (Lipinski definition) is 2. The lowest BCUT2D eigenvalue weighted by molar-refractivity contribution is -0.137. The zero-order chi connectivity index (χ0) is 26.9. The van der Waals surface area contributed by atoms with E-state index in [2.05, 4.69) is 9.71 Å². The molecule has 0 radical (unpaired) electrons. The molecule has 0 amide bonds. The maximum atomic E-state index is 13.5. The maximum absolute atomic E-state index is 13.5. The van der Waals surface area contributed by atoms with Gasteiger partial charge in [-0.1, -0.05) is 84.4 Å². The molecule has 2 N–H and O–H groups in total. The highest BCUT2D eigenvalue weighted by molar-refractivity contribution is 7.89. The summed E-state index contributed by atoms with van der Waals surface area (Å²) in [6.45, 7) is 1.88. The molecule has 1 unspecified atom stereocenters. The van der Waals surface area contributed by atoms with Gasteiger partial charge in [0, 0.05) is 23.4 Å². The minimum Gasteiger partial charge on any atom is -0.354 e. The normalized spacial score (nSPS) is 13.1. The Morgan fingerprint density at radius 1 is 0.842 bits per heavy atom. The number of hydrogen-bond donors (Lipinski definition) is 2. The third kappa shape index (κ3) is 5.23. The van der Waals surface area contributed by atoms with Crippen LogP contribution in [0.3, 0.4) is 0 Å². The zero-order valence-electron chi connectivity index (χ0n) is 20.5. The van der Waals surface area contributed by atoms with Gasteiger partial charge in [-0.2, -0.15) is 13.2 Å². The first-order valence-electron chi connectivity index (χ1n) is 12.0. The monoisotopic (exact) mass is 534 g/mol. The van der Waals surface area contributed by atoms with Gasteiger partial charge in [-0.05, 0) is 47.9 Å². The number of halogens is 3. The molecular weight excluding hydrogens is 509 g/mol. The lowest BCUT2D eigenvalue weighted by Gasteiger charge is -2.20. The number of aromatic amines is 1. The van der Waals surface area contributed by atoms with Gasteiger partial charge in [0.2, 0.25) is 10.0 Å². The van der Waals surface area contributed by atoms with Crippen molar-refractivity contribution >= 4 is 20.9 Å². The summed E-state index contributed by atoms with van der Waals surface area (Å²) in [6, 6.07) is 28.8. The van der Waals surface area contributed by atoms with Crippen LogP contribution in [0.15, 0.2) is 108 Å². The van der Waals surface area contributed by atoms with Gasteiger partial charge in [0.15, 0.2) is 0 Å². The van der Waals surface area contributed by atoms with Crippen LogP contribution in [0.2, 0.25) is 0 Å². The summed E-state index contributed by atoms with van der Waals surface area (Å²) < 4.78 is 69.6. The Labute approximate surface area is 219 Å². The van der Waals surface area contributed by atoms with Crippen molar-refractivity contribution in [3.05, 3.63) is 125 Å². The minimum atomic E-state index is -4.49. The number of benzene rings is 4. The van der Waals surface area contributed by atoms with Crippen LogP contribution >= 0.6 is 0 Å². The number of aryl methyl sites for hydroxylation is 1. The van der Waals surface area contributed by atoms with Gasteiger partial charge in [0.25, 0.3) is 0 Å². The molecule has 0 saturated carbocycles. The van der Waals surface area contributed by atoms with Crippen molar-refractivity contribution in [1.29, 1.82) is 0 Å². The van der Waals surface area contributed by atoms with Crippen molar-refractivity contribution in [3.8, 4) is 11.3 Å². The molecule has 0 saturated heterocycles. The standard InChI is InChI=1S/C30H25F3N2O2S/c1-20-12-15-24(16-13-20)38(36,37)34-19-26(21-8-4-2-5-9-21)28-25-17-14-23(30(31,32)33)18-27(25)35-29(28)22-10-6-3-7-11-22/h2-18,26,34-35H,19H2,1H3. The van der Waals surface area contributed by atoms with Crippen LogP contribution in [0.1, 0.15) is 28.2 Å². The molecule has 1 heterocycles. The van der Waals surface area contributed by atoms with E-state index < -0.39 is 27.7 Å². The van der Waals surface area contributed by atoms with E-state index in [0.717, 1.165) is 34.4 Å². The van der Waals surface area contributed by atoms with Crippen molar-refractivity contribution in [2.24, 2.45) is 0 Å². The molecule has 0 spiro atoms. The van der Waals surface area contributed by atoms with Crippen LogP contribution in [0, 0.1) is 6.92 Å². The Morgan fingerprint density at radius 2 is 1.47 bits per heavy atom. The van der Waals surface area contributed by atoms with Crippen LogP contribution in [-0.4, -0.2) is 19.9 Å². The smallest absolute Gasteiger partial charge is 0.354 e. The summed E-state index contributed by atoms with van der Waals surface area (Å²) >= 11 is 0. The summed E-state index contributed by atoms with van der Waals surface area (Å²) in [5, 5.41) is 0.597. The van der Waals surface area contributed by atoms with Crippen molar-refractivity contribution in [2.45, 2.75) is 23.9 Å². The quantitative estimate of drug-likeness (QED) is 0.231. The van der Waals surface area contributed by atoms with Crippen molar-refractivity contribution in [1.82, 2.24) is 9.71 Å². The highest BCUT2D eigenvalue weighted by Gasteiger charge is 2.32. The predicted molar refractivity (Wildman–Crippen MR) is 143 cm³/mol. The second-order valence-electron chi connectivity index (χ2n) is 9.17. The van der Waals surface area contributed by atoms with Crippen molar-refractivity contribution in [2.75, 3.05) is 6.54 Å². The molecule has 0 fully saturated rings. The predicted octanol–water partition coefficient (Wildman–Crippen LogP) is 7.27. The fraction of sp³-hybridized carbons (Fsp3) is 0.133. The van der Waals surface area contributed by atoms with Gasteiger partial charge in [0.05, 0.1) is 16.2 Å². The van der Waals surface area contributed by atoms with Gasteiger partial charge in [-0.15, -0.1) is 0 Å². The third-order valence-corrected chi connectivity index (χ3v) is 8.03. The van der Waals surface area contributed by atoms with Gasteiger partial charge in [-0.3, -0.25) is 0 Å². The average molecular weight is 535 g/mol. The van der Waals surface area contributed by atoms with Gasteiger partial charge in [0.1, 0.15) is 0 Å². The molecule has 8 heteroatoms. The van der Waals surface area contributed by atoms with Gasteiger partial charge in [-0.25, -0.2) is 13.1 Å². The van der Waals surface area contributed by atoms with E-state index in [1.807, 2.05) is 67.6 Å². The first kappa shape index (κ1) is 25.8. The zero-order valence-corrected chi connectivity index (χ0v) is 21.3. The van der Waals surface area contributed by atoms with Crippen LogP contribution in [0.4, 0.5) is 13.2 Å². The highest BCUT2D eigenvalue weighted by Crippen LogP contribution is 2.40. The van der Waals surface area contributed by atoms with E-state index in [4.69, 9.17) is 0 Å². The molecule has 5 aromatic rings. The first-order chi connectivity index (χ1) is 18.1. The number of H-pyrrole nitrogens is 1. The Bertz CT molecular complexity index is 1660. The van der Waals surface area contributed by atoms with E-state index in [0.29, 0.717) is 16.6 Å². The third-order valence-electron chi connectivity index (χ3n) is 6.59. The van der Waals surface area contributed by atoms with E-state index in [1.165, 1.54) is 6.07 Å². The molecule has 194 valence electrons. The second kappa shape index (κ2) is 10.1. The van der Waals surface area contributed by atoms with Crippen LogP contribution in [-0.2, 0) is 16.2 Å². The minimum absolute atomic E-state index is 0.00797. The maximum Gasteiger partial charge on any atom is 0.416 e. The fourth-order valence-electron chi connectivity index (χ4n) is 4.66.